The molecule has 1 nitrogen and oxygen atoms in total. The van der Waals surface area contributed by atoms with Gasteiger partial charge >= 0.3 is 0 Å². The molecule has 0 saturated carbocycles. The summed E-state index contributed by atoms with van der Waals surface area (Å²) in [7, 11) is 0. The smallest absolute Gasteiger partial charge is 0.263 e. The highest BCUT2D eigenvalue weighted by Gasteiger charge is 2.07. The standard InChI is InChI=1S/C3H6F2O/c1-2(6)3(4)5/h2-3,6H,1H3/t2-/m1/s1. The van der Waals surface area contributed by atoms with Gasteiger partial charge in [0.2, 0.25) is 0 Å². The van der Waals surface area contributed by atoms with Crippen LogP contribution >= 0.6 is 0 Å². The highest BCUT2D eigenvalue weighted by Crippen LogP contribution is 1.96. The second-order valence-electron chi connectivity index (χ2n) is 1.08. The number of halogens is 2. The van der Waals surface area contributed by atoms with E-state index < -0.39 is 12.5 Å². The van der Waals surface area contributed by atoms with Crippen molar-refractivity contribution >= 4 is 0 Å². The molecule has 0 bridgehead atoms. The van der Waals surface area contributed by atoms with E-state index in [0.29, 0.717) is 0 Å². The Balaban J connectivity index is 2.99. The quantitative estimate of drug-likeness (QED) is 0.507. The Morgan fingerprint density at radius 2 is 1.67 bits per heavy atom. The van der Waals surface area contributed by atoms with Crippen LogP contribution in [0.2, 0.25) is 0 Å². The van der Waals surface area contributed by atoms with E-state index in [2.05, 4.69) is 0 Å². The number of hydrogen-bond acceptors (Lipinski definition) is 1. The Morgan fingerprint density at radius 3 is 1.67 bits per heavy atom. The van der Waals surface area contributed by atoms with Crippen LogP contribution in [-0.2, 0) is 0 Å². The van der Waals surface area contributed by atoms with Crippen molar-refractivity contribution in [3.63, 3.8) is 0 Å². The lowest BCUT2D eigenvalue weighted by molar-refractivity contribution is 0.00720. The third-order valence-corrected chi connectivity index (χ3v) is 0.365. The molecule has 0 amide bonds. The molecule has 0 unspecified atom stereocenters. The monoisotopic (exact) mass is 96.0 g/mol. The maximum atomic E-state index is 10.9. The van der Waals surface area contributed by atoms with E-state index in [1.165, 1.54) is 0 Å². The second-order valence-corrected chi connectivity index (χ2v) is 1.08. The first-order valence-corrected chi connectivity index (χ1v) is 1.61. The van der Waals surface area contributed by atoms with Crippen molar-refractivity contribution < 1.29 is 13.9 Å². The normalized spacial score (nSPS) is 15.5. The molecule has 0 aromatic carbocycles. The van der Waals surface area contributed by atoms with Gasteiger partial charge in [0.1, 0.15) is 6.10 Å². The molecule has 0 aliphatic heterocycles. The van der Waals surface area contributed by atoms with E-state index in [0.717, 1.165) is 6.92 Å². The van der Waals surface area contributed by atoms with Crippen LogP contribution in [-0.4, -0.2) is 17.6 Å². The van der Waals surface area contributed by atoms with E-state index in [-0.39, 0.29) is 0 Å². The Hall–Kier alpha value is -0.180. The van der Waals surface area contributed by atoms with Crippen LogP contribution in [0, 0.1) is 0 Å². The maximum Gasteiger partial charge on any atom is 0.263 e. The van der Waals surface area contributed by atoms with Crippen LogP contribution < -0.4 is 0 Å². The fourth-order valence-electron chi connectivity index (χ4n) is 0. The summed E-state index contributed by atoms with van der Waals surface area (Å²) in [5.74, 6) is 0. The minimum absolute atomic E-state index is 1.05. The van der Waals surface area contributed by atoms with Gasteiger partial charge in [0, 0.05) is 0 Å². The fourth-order valence-corrected chi connectivity index (χ4v) is 0. The Kier molecular flexibility index (Phi) is 2.01. The summed E-state index contributed by atoms with van der Waals surface area (Å²) in [6.45, 7) is 1.05. The van der Waals surface area contributed by atoms with E-state index in [1.54, 1.807) is 0 Å². The molecule has 6 heavy (non-hydrogen) atoms. The molecule has 1 N–H and O–H groups in total. The summed E-state index contributed by atoms with van der Waals surface area (Å²) in [5, 5.41) is 7.88. The number of aliphatic hydroxyl groups is 1. The van der Waals surface area contributed by atoms with Crippen molar-refractivity contribution in [3.05, 3.63) is 0 Å². The van der Waals surface area contributed by atoms with Crippen LogP contribution in [0.15, 0.2) is 0 Å². The minimum Gasteiger partial charge on any atom is -0.387 e. The lowest BCUT2D eigenvalue weighted by Gasteiger charge is -1.96. The summed E-state index contributed by atoms with van der Waals surface area (Å²) < 4.78 is 21.8. The summed E-state index contributed by atoms with van der Waals surface area (Å²) in [5.41, 5.74) is 0. The van der Waals surface area contributed by atoms with Gasteiger partial charge in [0.15, 0.2) is 0 Å². The fraction of sp³-hybridized carbons (Fsp3) is 1.00. The van der Waals surface area contributed by atoms with Crippen molar-refractivity contribution in [2.75, 3.05) is 0 Å². The predicted molar refractivity (Wildman–Crippen MR) is 17.7 cm³/mol. The van der Waals surface area contributed by atoms with Gasteiger partial charge in [-0.2, -0.15) is 0 Å². The molecule has 0 aromatic rings. The molecular formula is C3H6F2O. The molecule has 0 aliphatic rings. The highest BCUT2D eigenvalue weighted by molar-refractivity contribution is 4.44. The SMILES string of the molecule is C[C@@H](O)C(F)F. The van der Waals surface area contributed by atoms with Crippen LogP contribution in [0.4, 0.5) is 8.78 Å². The van der Waals surface area contributed by atoms with Gasteiger partial charge in [-0.25, -0.2) is 8.78 Å². The molecule has 0 spiro atoms. The molecule has 0 heterocycles. The minimum atomic E-state index is -2.59. The molecular weight excluding hydrogens is 90.0 g/mol. The Labute approximate surface area is 34.6 Å². The Bertz CT molecular complexity index is 29.8. The lowest BCUT2D eigenvalue weighted by Crippen LogP contribution is -2.10. The summed E-state index contributed by atoms with van der Waals surface area (Å²) in [4.78, 5) is 0. The van der Waals surface area contributed by atoms with E-state index >= 15 is 0 Å². The third kappa shape index (κ3) is 2.08. The van der Waals surface area contributed by atoms with Gasteiger partial charge in [-0.15, -0.1) is 0 Å². The van der Waals surface area contributed by atoms with E-state index in [1.807, 2.05) is 0 Å². The highest BCUT2D eigenvalue weighted by atomic mass is 19.3. The summed E-state index contributed by atoms with van der Waals surface area (Å²) in [6.07, 6.45) is -4.07. The number of aliphatic hydroxyl groups excluding tert-OH is 1. The van der Waals surface area contributed by atoms with Crippen LogP contribution in [0.3, 0.4) is 0 Å². The topological polar surface area (TPSA) is 20.2 Å². The van der Waals surface area contributed by atoms with Gasteiger partial charge in [-0.3, -0.25) is 0 Å². The first-order valence-electron chi connectivity index (χ1n) is 1.61. The van der Waals surface area contributed by atoms with E-state index in [4.69, 9.17) is 5.11 Å². The molecule has 1 atom stereocenters. The molecule has 0 aromatic heterocycles. The van der Waals surface area contributed by atoms with Crippen molar-refractivity contribution in [2.45, 2.75) is 19.5 Å². The van der Waals surface area contributed by atoms with Crippen molar-refractivity contribution in [1.29, 1.82) is 0 Å². The van der Waals surface area contributed by atoms with Gasteiger partial charge in [-0.05, 0) is 6.92 Å². The zero-order valence-corrected chi connectivity index (χ0v) is 3.36. The van der Waals surface area contributed by atoms with Gasteiger partial charge in [0.05, 0.1) is 0 Å². The Morgan fingerprint density at radius 1 is 1.50 bits per heavy atom. The van der Waals surface area contributed by atoms with Gasteiger partial charge < -0.3 is 5.11 Å². The summed E-state index contributed by atoms with van der Waals surface area (Å²) >= 11 is 0. The number of alkyl halides is 2. The zero-order chi connectivity index (χ0) is 5.15. The van der Waals surface area contributed by atoms with Crippen LogP contribution in [0.25, 0.3) is 0 Å². The molecule has 0 aliphatic carbocycles. The number of rotatable bonds is 1. The average Bonchev–Trinajstić information content (AvgIpc) is 1.36. The van der Waals surface area contributed by atoms with Gasteiger partial charge in [0.25, 0.3) is 6.43 Å². The van der Waals surface area contributed by atoms with Crippen molar-refractivity contribution in [3.8, 4) is 0 Å². The first-order chi connectivity index (χ1) is 2.64. The summed E-state index contributed by atoms with van der Waals surface area (Å²) in [6, 6.07) is 0. The third-order valence-electron chi connectivity index (χ3n) is 0.365. The van der Waals surface area contributed by atoms with Crippen molar-refractivity contribution in [2.24, 2.45) is 0 Å². The molecule has 0 saturated heterocycles. The van der Waals surface area contributed by atoms with Gasteiger partial charge in [-0.1, -0.05) is 0 Å². The lowest BCUT2D eigenvalue weighted by atomic mass is 10.4. The molecule has 0 radical (unpaired) electrons. The van der Waals surface area contributed by atoms with E-state index in [9.17, 15) is 8.78 Å². The molecule has 3 heteroatoms. The second kappa shape index (κ2) is 2.08. The van der Waals surface area contributed by atoms with Crippen molar-refractivity contribution in [1.82, 2.24) is 0 Å². The predicted octanol–water partition coefficient (Wildman–Crippen LogP) is 0.632. The molecule has 0 fully saturated rings. The van der Waals surface area contributed by atoms with Crippen LogP contribution in [0.5, 0.6) is 0 Å². The first kappa shape index (κ1) is 5.82. The molecule has 38 valence electrons. The largest absolute Gasteiger partial charge is 0.387 e. The van der Waals surface area contributed by atoms with Crippen LogP contribution in [0.1, 0.15) is 6.92 Å². The zero-order valence-electron chi connectivity index (χ0n) is 3.36. The molecule has 0 rings (SSSR count). The maximum absolute atomic E-state index is 10.9. The average molecular weight is 96.1 g/mol. The number of hydrogen-bond donors (Lipinski definition) is 1.